The summed E-state index contributed by atoms with van der Waals surface area (Å²) in [5, 5.41) is 12.5. The first-order valence-corrected chi connectivity index (χ1v) is 6.91. The predicted molar refractivity (Wildman–Crippen MR) is 73.7 cm³/mol. The maximum absolute atomic E-state index is 13.0. The quantitative estimate of drug-likeness (QED) is 0.789. The second-order valence-electron chi connectivity index (χ2n) is 4.90. The lowest BCUT2D eigenvalue weighted by molar-refractivity contribution is -0.124. The second-order valence-corrected chi connectivity index (χ2v) is 5.75. The molecule has 2 N–H and O–H groups in total. The van der Waals surface area contributed by atoms with Gasteiger partial charge in [0.25, 0.3) is 0 Å². The number of hydrogen-bond donors (Lipinski definition) is 2. The molecule has 0 saturated heterocycles. The van der Waals surface area contributed by atoms with Crippen LogP contribution in [0.3, 0.4) is 0 Å². The Morgan fingerprint density at radius 1 is 1.30 bits per heavy atom. The molecule has 1 amide bonds. The molecule has 0 unspecified atom stereocenters. The normalized spacial score (nSPS) is 18.8. The number of amides is 1. The van der Waals surface area contributed by atoms with E-state index in [2.05, 4.69) is 5.32 Å². The molecule has 0 atom stereocenters. The number of phenolic OH excluding ortho intramolecular Hbond substituents is 1. The van der Waals surface area contributed by atoms with Gasteiger partial charge in [0.15, 0.2) is 5.75 Å². The Kier molecular flexibility index (Phi) is 4.39. The van der Waals surface area contributed by atoms with Crippen LogP contribution in [-0.4, -0.2) is 16.9 Å². The number of anilines is 1. The van der Waals surface area contributed by atoms with Gasteiger partial charge in [0.05, 0.1) is 10.7 Å². The molecule has 7 heteroatoms. The molecule has 0 spiro atoms. The van der Waals surface area contributed by atoms with Crippen LogP contribution in [0.4, 0.5) is 14.5 Å². The van der Waals surface area contributed by atoms with E-state index >= 15 is 0 Å². The van der Waals surface area contributed by atoms with Gasteiger partial charge in [0.2, 0.25) is 11.8 Å². The summed E-state index contributed by atoms with van der Waals surface area (Å²) in [6.45, 7) is 0. The van der Waals surface area contributed by atoms with Gasteiger partial charge in [-0.3, -0.25) is 4.79 Å². The molecule has 0 aromatic heterocycles. The van der Waals surface area contributed by atoms with E-state index in [0.29, 0.717) is 0 Å². The average Bonchev–Trinajstić information content (AvgIpc) is 2.35. The highest BCUT2D eigenvalue weighted by atomic mass is 35.5. The van der Waals surface area contributed by atoms with Crippen LogP contribution in [0.5, 0.6) is 5.75 Å². The summed E-state index contributed by atoms with van der Waals surface area (Å²) in [6, 6.07) is 2.70. The van der Waals surface area contributed by atoms with Crippen molar-refractivity contribution < 1.29 is 18.7 Å². The lowest BCUT2D eigenvalue weighted by atomic mass is 9.86. The zero-order valence-corrected chi connectivity index (χ0v) is 11.9. The van der Waals surface area contributed by atoms with Crippen molar-refractivity contribution in [3.63, 3.8) is 0 Å². The number of aromatic hydroxyl groups is 1. The molecule has 0 radical (unpaired) electrons. The molecule has 2 rings (SSSR count). The fraction of sp³-hybridized carbons (Fsp3) is 0.462. The first-order chi connectivity index (χ1) is 9.28. The van der Waals surface area contributed by atoms with Crippen LogP contribution in [0.1, 0.15) is 25.7 Å². The number of phenols is 1. The van der Waals surface area contributed by atoms with Crippen LogP contribution in [0.15, 0.2) is 12.1 Å². The molecular weight excluding hydrogens is 311 g/mol. The van der Waals surface area contributed by atoms with Crippen LogP contribution < -0.4 is 5.32 Å². The topological polar surface area (TPSA) is 49.3 Å². The lowest BCUT2D eigenvalue weighted by Gasteiger charge is -2.27. The predicted octanol–water partition coefficient (Wildman–Crippen LogP) is 4.46. The summed E-state index contributed by atoms with van der Waals surface area (Å²) in [4.78, 5) is 12.0. The van der Waals surface area contributed by atoms with Gasteiger partial charge in [-0.05, 0) is 25.0 Å². The Morgan fingerprint density at radius 2 is 1.90 bits per heavy atom. The van der Waals surface area contributed by atoms with E-state index in [1.54, 1.807) is 0 Å². The van der Waals surface area contributed by atoms with Crippen molar-refractivity contribution in [2.75, 3.05) is 5.32 Å². The number of nitrogens with one attached hydrogen (secondary N) is 1. The second kappa shape index (κ2) is 5.74. The summed E-state index contributed by atoms with van der Waals surface area (Å²) >= 11 is 11.5. The molecule has 3 nitrogen and oxygen atoms in total. The third-order valence-electron chi connectivity index (χ3n) is 3.37. The molecule has 1 fully saturated rings. The lowest BCUT2D eigenvalue weighted by Crippen LogP contribution is -2.31. The highest BCUT2D eigenvalue weighted by Gasteiger charge is 2.37. The Labute approximate surface area is 124 Å². The van der Waals surface area contributed by atoms with Crippen molar-refractivity contribution in [3.8, 4) is 5.75 Å². The number of carbonyl (C=O) groups is 1. The van der Waals surface area contributed by atoms with Crippen molar-refractivity contribution in [3.05, 3.63) is 22.2 Å². The van der Waals surface area contributed by atoms with Gasteiger partial charge >= 0.3 is 0 Å². The van der Waals surface area contributed by atoms with Crippen LogP contribution in [0, 0.1) is 5.92 Å². The van der Waals surface area contributed by atoms with Crippen molar-refractivity contribution in [2.45, 2.75) is 31.6 Å². The fourth-order valence-corrected chi connectivity index (χ4v) is 2.69. The van der Waals surface area contributed by atoms with Crippen molar-refractivity contribution >= 4 is 34.8 Å². The van der Waals surface area contributed by atoms with E-state index in [1.807, 2.05) is 0 Å². The largest absolute Gasteiger partial charge is 0.504 e. The van der Waals surface area contributed by atoms with Crippen LogP contribution in [0.25, 0.3) is 0 Å². The number of carbonyl (C=O) groups excluding carboxylic acids is 1. The first kappa shape index (κ1) is 15.3. The third kappa shape index (κ3) is 3.52. The van der Waals surface area contributed by atoms with Gasteiger partial charge in [0.1, 0.15) is 0 Å². The van der Waals surface area contributed by atoms with Crippen LogP contribution >= 0.6 is 23.2 Å². The molecule has 0 heterocycles. The molecule has 1 saturated carbocycles. The van der Waals surface area contributed by atoms with Gasteiger partial charge < -0.3 is 10.4 Å². The van der Waals surface area contributed by atoms with Gasteiger partial charge in [-0.2, -0.15) is 0 Å². The Bertz CT molecular complexity index is 527. The minimum Gasteiger partial charge on any atom is -0.504 e. The number of halogens is 4. The van der Waals surface area contributed by atoms with Crippen molar-refractivity contribution in [1.82, 2.24) is 0 Å². The average molecular weight is 324 g/mol. The summed E-state index contributed by atoms with van der Waals surface area (Å²) in [5.41, 5.74) is 0.0878. The maximum atomic E-state index is 13.0. The Hall–Kier alpha value is -1.07. The molecule has 1 aromatic rings. The van der Waals surface area contributed by atoms with E-state index in [0.717, 1.165) is 0 Å². The molecule has 1 aliphatic carbocycles. The third-order valence-corrected chi connectivity index (χ3v) is 3.88. The molecule has 1 aromatic carbocycles. The van der Waals surface area contributed by atoms with Crippen molar-refractivity contribution in [1.29, 1.82) is 0 Å². The Morgan fingerprint density at radius 3 is 2.50 bits per heavy atom. The number of benzene rings is 1. The highest BCUT2D eigenvalue weighted by molar-refractivity contribution is 6.36. The van der Waals surface area contributed by atoms with E-state index in [1.165, 1.54) is 12.1 Å². The van der Waals surface area contributed by atoms with Gasteiger partial charge in [-0.1, -0.05) is 23.2 Å². The molecule has 110 valence electrons. The molecular formula is C13H13Cl2F2NO2. The summed E-state index contributed by atoms with van der Waals surface area (Å²) in [7, 11) is 0. The summed E-state index contributed by atoms with van der Waals surface area (Å²) in [6.07, 6.45) is -0.359. The SMILES string of the molecule is O=C(Nc1cc(Cl)cc(Cl)c1O)C1CCC(F)(F)CC1. The molecule has 1 aliphatic rings. The summed E-state index contributed by atoms with van der Waals surface area (Å²) < 4.78 is 26.1. The molecule has 20 heavy (non-hydrogen) atoms. The minimum atomic E-state index is -2.68. The van der Waals surface area contributed by atoms with Gasteiger partial charge in [0, 0.05) is 23.8 Å². The monoisotopic (exact) mass is 323 g/mol. The number of hydrogen-bond acceptors (Lipinski definition) is 2. The zero-order chi connectivity index (χ0) is 14.9. The highest BCUT2D eigenvalue weighted by Crippen LogP contribution is 2.38. The van der Waals surface area contributed by atoms with E-state index in [9.17, 15) is 18.7 Å². The fourth-order valence-electron chi connectivity index (χ4n) is 2.20. The van der Waals surface area contributed by atoms with Crippen LogP contribution in [-0.2, 0) is 4.79 Å². The van der Waals surface area contributed by atoms with Crippen molar-refractivity contribution in [2.24, 2.45) is 5.92 Å². The number of alkyl halides is 2. The van der Waals surface area contributed by atoms with E-state index in [-0.39, 0.29) is 47.2 Å². The minimum absolute atomic E-state index is 0.0166. The zero-order valence-electron chi connectivity index (χ0n) is 10.4. The molecule has 0 aliphatic heterocycles. The van der Waals surface area contributed by atoms with Gasteiger partial charge in [-0.25, -0.2) is 8.78 Å². The smallest absolute Gasteiger partial charge is 0.248 e. The maximum Gasteiger partial charge on any atom is 0.248 e. The van der Waals surface area contributed by atoms with Crippen LogP contribution in [0.2, 0.25) is 10.0 Å². The van der Waals surface area contributed by atoms with E-state index < -0.39 is 17.7 Å². The summed E-state index contributed by atoms with van der Waals surface area (Å²) in [5.74, 6) is -3.87. The van der Waals surface area contributed by atoms with Gasteiger partial charge in [-0.15, -0.1) is 0 Å². The standard InChI is InChI=1S/C13H13Cl2F2NO2/c14-8-5-9(15)11(19)10(6-8)18-12(20)7-1-3-13(16,17)4-2-7/h5-7,19H,1-4H2,(H,18,20). The number of rotatable bonds is 2. The molecule has 0 bridgehead atoms. The Balaban J connectivity index is 2.06. The first-order valence-electron chi connectivity index (χ1n) is 6.15. The van der Waals surface area contributed by atoms with E-state index in [4.69, 9.17) is 23.2 Å².